The number of para-hydroxylation sites is 2. The van der Waals surface area contributed by atoms with Gasteiger partial charge in [0.1, 0.15) is 17.3 Å². The zero-order chi connectivity index (χ0) is 17.6. The SMILES string of the molecule is CCC(NS(C)(=O)=O)P(=O)(Oc1ccccc1)Oc1ccccc1. The van der Waals surface area contributed by atoms with Gasteiger partial charge in [0.15, 0.2) is 0 Å². The van der Waals surface area contributed by atoms with Crippen LogP contribution in [0.1, 0.15) is 13.3 Å². The van der Waals surface area contributed by atoms with Crippen molar-refractivity contribution in [1.82, 2.24) is 4.72 Å². The van der Waals surface area contributed by atoms with E-state index in [1.54, 1.807) is 67.6 Å². The van der Waals surface area contributed by atoms with Crippen LogP contribution in [0.5, 0.6) is 11.5 Å². The summed E-state index contributed by atoms with van der Waals surface area (Å²) in [5.41, 5.74) is 0. The van der Waals surface area contributed by atoms with Crippen LogP contribution >= 0.6 is 7.60 Å². The summed E-state index contributed by atoms with van der Waals surface area (Å²) in [5.74, 6) is -0.330. The summed E-state index contributed by atoms with van der Waals surface area (Å²) in [5, 5.41) is 0. The Morgan fingerprint density at radius 1 is 0.958 bits per heavy atom. The second kappa shape index (κ2) is 7.83. The Morgan fingerprint density at radius 2 is 1.38 bits per heavy atom. The smallest absolute Gasteiger partial charge is 0.415 e. The third-order valence-corrected chi connectivity index (χ3v) is 6.15. The van der Waals surface area contributed by atoms with E-state index in [9.17, 15) is 13.0 Å². The molecule has 0 amide bonds. The lowest BCUT2D eigenvalue weighted by molar-refractivity contribution is 0.365. The van der Waals surface area contributed by atoms with Crippen molar-refractivity contribution in [3.63, 3.8) is 0 Å². The summed E-state index contributed by atoms with van der Waals surface area (Å²) in [6.45, 7) is 1.71. The molecule has 1 atom stereocenters. The lowest BCUT2D eigenvalue weighted by Crippen LogP contribution is -2.36. The zero-order valence-electron chi connectivity index (χ0n) is 13.5. The maximum atomic E-state index is 13.4. The maximum Gasteiger partial charge on any atom is 0.448 e. The van der Waals surface area contributed by atoms with Crippen LogP contribution in [-0.2, 0) is 14.6 Å². The molecule has 0 bridgehead atoms. The van der Waals surface area contributed by atoms with E-state index in [4.69, 9.17) is 9.05 Å². The molecule has 0 spiro atoms. The molecule has 2 rings (SSSR count). The molecule has 6 nitrogen and oxygen atoms in total. The Balaban J connectivity index is 2.37. The molecular formula is C16H20NO5PS. The van der Waals surface area contributed by atoms with Crippen LogP contribution in [0.4, 0.5) is 0 Å². The highest BCUT2D eigenvalue weighted by Gasteiger charge is 2.40. The van der Waals surface area contributed by atoms with Crippen molar-refractivity contribution < 1.29 is 22.0 Å². The first-order chi connectivity index (χ1) is 11.3. The van der Waals surface area contributed by atoms with E-state index in [0.29, 0.717) is 11.5 Å². The van der Waals surface area contributed by atoms with Gasteiger partial charge in [-0.25, -0.2) is 13.0 Å². The van der Waals surface area contributed by atoms with Crippen molar-refractivity contribution in [1.29, 1.82) is 0 Å². The summed E-state index contributed by atoms with van der Waals surface area (Å²) in [6.07, 6.45) is 1.25. The van der Waals surface area contributed by atoms with E-state index < -0.39 is 23.4 Å². The van der Waals surface area contributed by atoms with Crippen LogP contribution in [0.2, 0.25) is 0 Å². The van der Waals surface area contributed by atoms with Gasteiger partial charge in [0.25, 0.3) is 0 Å². The van der Waals surface area contributed by atoms with Crippen molar-refractivity contribution >= 4 is 17.6 Å². The van der Waals surface area contributed by atoms with Gasteiger partial charge in [-0.05, 0) is 30.7 Å². The van der Waals surface area contributed by atoms with Gasteiger partial charge in [-0.1, -0.05) is 43.3 Å². The third-order valence-electron chi connectivity index (χ3n) is 3.07. The van der Waals surface area contributed by atoms with Crippen molar-refractivity contribution in [2.45, 2.75) is 19.1 Å². The van der Waals surface area contributed by atoms with E-state index in [1.165, 1.54) is 0 Å². The third kappa shape index (κ3) is 5.37. The molecule has 0 aliphatic rings. The molecule has 0 aliphatic heterocycles. The maximum absolute atomic E-state index is 13.4. The molecule has 24 heavy (non-hydrogen) atoms. The summed E-state index contributed by atoms with van der Waals surface area (Å²) in [4.78, 5) is 0. The van der Waals surface area contributed by atoms with Crippen LogP contribution in [0, 0.1) is 0 Å². The molecule has 0 saturated carbocycles. The fourth-order valence-electron chi connectivity index (χ4n) is 2.02. The molecule has 0 saturated heterocycles. The van der Waals surface area contributed by atoms with Crippen molar-refractivity contribution in [3.05, 3.63) is 60.7 Å². The second-order valence-electron chi connectivity index (χ2n) is 5.16. The van der Waals surface area contributed by atoms with Crippen LogP contribution < -0.4 is 13.8 Å². The monoisotopic (exact) mass is 369 g/mol. The van der Waals surface area contributed by atoms with Crippen molar-refractivity contribution in [2.24, 2.45) is 0 Å². The average Bonchev–Trinajstić information content (AvgIpc) is 2.53. The van der Waals surface area contributed by atoms with Gasteiger partial charge < -0.3 is 9.05 Å². The first-order valence-electron chi connectivity index (χ1n) is 7.39. The molecule has 0 radical (unpaired) electrons. The molecule has 2 aromatic rings. The average molecular weight is 369 g/mol. The molecule has 0 fully saturated rings. The van der Waals surface area contributed by atoms with Gasteiger partial charge in [0.2, 0.25) is 10.0 Å². The number of sulfonamides is 1. The zero-order valence-corrected chi connectivity index (χ0v) is 15.2. The minimum absolute atomic E-state index is 0.240. The normalized spacial score (nSPS) is 13.2. The number of rotatable bonds is 8. The van der Waals surface area contributed by atoms with Crippen LogP contribution in [-0.4, -0.2) is 20.5 Å². The Hall–Kier alpha value is -1.82. The summed E-state index contributed by atoms with van der Waals surface area (Å²) < 4.78 is 50.2. The highest BCUT2D eigenvalue weighted by Crippen LogP contribution is 2.53. The second-order valence-corrected chi connectivity index (χ2v) is 9.01. The van der Waals surface area contributed by atoms with E-state index >= 15 is 0 Å². The Labute approximate surface area is 142 Å². The van der Waals surface area contributed by atoms with Gasteiger partial charge in [-0.3, -0.25) is 0 Å². The Kier molecular flexibility index (Phi) is 6.04. The van der Waals surface area contributed by atoms with Gasteiger partial charge >= 0.3 is 7.60 Å². The van der Waals surface area contributed by atoms with Gasteiger partial charge in [-0.2, -0.15) is 4.72 Å². The van der Waals surface area contributed by atoms with Crippen molar-refractivity contribution in [3.8, 4) is 11.5 Å². The number of nitrogens with one attached hydrogen (secondary N) is 1. The molecule has 1 N–H and O–H groups in total. The molecule has 8 heteroatoms. The van der Waals surface area contributed by atoms with E-state index in [2.05, 4.69) is 4.72 Å². The summed E-state index contributed by atoms with van der Waals surface area (Å²) >= 11 is 0. The highest BCUT2D eigenvalue weighted by atomic mass is 32.2. The Morgan fingerprint density at radius 3 is 1.71 bits per heavy atom. The minimum Gasteiger partial charge on any atom is -0.415 e. The lowest BCUT2D eigenvalue weighted by Gasteiger charge is -2.26. The van der Waals surface area contributed by atoms with Crippen LogP contribution in [0.15, 0.2) is 60.7 Å². The summed E-state index contributed by atoms with van der Waals surface area (Å²) in [6, 6.07) is 17.0. The molecule has 0 aliphatic carbocycles. The topological polar surface area (TPSA) is 81.7 Å². The number of hydrogen-bond donors (Lipinski definition) is 1. The predicted octanol–water partition coefficient (Wildman–Crippen LogP) is 3.62. The van der Waals surface area contributed by atoms with Crippen LogP contribution in [0.3, 0.4) is 0 Å². The predicted molar refractivity (Wildman–Crippen MR) is 93.8 cm³/mol. The number of benzene rings is 2. The minimum atomic E-state index is -3.86. The van der Waals surface area contributed by atoms with Gasteiger partial charge in [0.05, 0.1) is 6.26 Å². The number of hydrogen-bond acceptors (Lipinski definition) is 5. The molecule has 0 aromatic heterocycles. The fourth-order valence-corrected chi connectivity index (χ4v) is 5.34. The fraction of sp³-hybridized carbons (Fsp3) is 0.250. The quantitative estimate of drug-likeness (QED) is 0.719. The van der Waals surface area contributed by atoms with Gasteiger partial charge in [0, 0.05) is 0 Å². The largest absolute Gasteiger partial charge is 0.448 e. The lowest BCUT2D eigenvalue weighted by atomic mass is 10.3. The highest BCUT2D eigenvalue weighted by molar-refractivity contribution is 7.89. The van der Waals surface area contributed by atoms with E-state index in [1.807, 2.05) is 0 Å². The molecule has 2 aromatic carbocycles. The van der Waals surface area contributed by atoms with Crippen LogP contribution in [0.25, 0.3) is 0 Å². The molecule has 130 valence electrons. The summed E-state index contributed by atoms with van der Waals surface area (Å²) in [7, 11) is -7.45. The van der Waals surface area contributed by atoms with E-state index in [-0.39, 0.29) is 6.42 Å². The first-order valence-corrected chi connectivity index (χ1v) is 10.9. The molecular weight excluding hydrogens is 349 g/mol. The Bertz CT molecular complexity index is 750. The molecule has 0 heterocycles. The molecule has 1 unspecified atom stereocenters. The van der Waals surface area contributed by atoms with E-state index in [0.717, 1.165) is 6.26 Å². The first kappa shape index (κ1) is 18.5. The standard InChI is InChI=1S/C16H20NO5PS/c1-3-16(17-24(2,19)20)23(18,21-14-10-6-4-7-11-14)22-15-12-8-5-9-13-15/h4-13,16-17H,3H2,1-2H3. The van der Waals surface area contributed by atoms with Gasteiger partial charge in [-0.15, -0.1) is 0 Å². The van der Waals surface area contributed by atoms with Crippen molar-refractivity contribution in [2.75, 3.05) is 6.26 Å².